The zero-order valence-electron chi connectivity index (χ0n) is 6.10. The van der Waals surface area contributed by atoms with Gasteiger partial charge in [-0.3, -0.25) is 0 Å². The van der Waals surface area contributed by atoms with Crippen molar-refractivity contribution in [2.45, 2.75) is 0 Å². The Bertz CT molecular complexity index is 295. The molecule has 1 rings (SSSR count). The van der Waals surface area contributed by atoms with Crippen LogP contribution in [0.4, 0.5) is 0 Å². The summed E-state index contributed by atoms with van der Waals surface area (Å²) in [5, 5.41) is 0.917. The fraction of sp³-hybridized carbons (Fsp3) is 0.111. The molecule has 0 amide bonds. The molecule has 0 heterocycles. The smallest absolute Gasteiger partial charge is 0.148 e. The standard InChI is InChI=1S/C9H5Cl2O/c1-2-3-12-9-5-7(10)4-8(11)6-9/h1,4-5H,3H2. The highest BCUT2D eigenvalue weighted by Crippen LogP contribution is 2.23. The fourth-order valence-electron chi connectivity index (χ4n) is 0.675. The number of rotatable bonds is 2. The molecule has 0 bridgehead atoms. The van der Waals surface area contributed by atoms with E-state index in [1.54, 1.807) is 12.1 Å². The molecule has 61 valence electrons. The van der Waals surface area contributed by atoms with Gasteiger partial charge in [-0.25, -0.2) is 0 Å². The molecule has 1 aromatic carbocycles. The van der Waals surface area contributed by atoms with Gasteiger partial charge in [0.1, 0.15) is 12.4 Å². The predicted molar refractivity (Wildman–Crippen MR) is 49.6 cm³/mol. The van der Waals surface area contributed by atoms with Gasteiger partial charge in [-0.1, -0.05) is 29.1 Å². The van der Waals surface area contributed by atoms with Crippen molar-refractivity contribution >= 4 is 23.2 Å². The minimum Gasteiger partial charge on any atom is -0.480 e. The molecular formula is C9H5Cl2O. The number of hydrogen-bond acceptors (Lipinski definition) is 1. The topological polar surface area (TPSA) is 9.23 Å². The molecule has 0 atom stereocenters. The molecule has 0 aromatic heterocycles. The SMILES string of the molecule is C#CCOc1[c]c(Cl)cc(Cl)c1. The molecule has 0 spiro atoms. The Labute approximate surface area is 81.2 Å². The molecule has 0 saturated carbocycles. The van der Waals surface area contributed by atoms with Crippen LogP contribution in [0.5, 0.6) is 5.75 Å². The van der Waals surface area contributed by atoms with Crippen LogP contribution in [0.1, 0.15) is 0 Å². The molecule has 0 unspecified atom stereocenters. The van der Waals surface area contributed by atoms with Crippen LogP contribution in [0.2, 0.25) is 10.0 Å². The Morgan fingerprint density at radius 3 is 2.83 bits per heavy atom. The summed E-state index contributed by atoms with van der Waals surface area (Å²) in [6, 6.07) is 5.92. The monoisotopic (exact) mass is 199 g/mol. The lowest BCUT2D eigenvalue weighted by atomic mass is 10.3. The van der Waals surface area contributed by atoms with E-state index in [1.807, 2.05) is 0 Å². The van der Waals surface area contributed by atoms with E-state index in [4.69, 9.17) is 34.4 Å². The maximum Gasteiger partial charge on any atom is 0.148 e. The van der Waals surface area contributed by atoms with E-state index in [0.717, 1.165) is 0 Å². The van der Waals surface area contributed by atoms with Crippen LogP contribution in [-0.4, -0.2) is 6.61 Å². The van der Waals surface area contributed by atoms with Gasteiger partial charge in [-0.15, -0.1) is 6.42 Å². The highest BCUT2D eigenvalue weighted by Gasteiger charge is 1.98. The Balaban J connectivity index is 2.80. The maximum absolute atomic E-state index is 5.69. The van der Waals surface area contributed by atoms with Crippen molar-refractivity contribution in [3.63, 3.8) is 0 Å². The third-order valence-electron chi connectivity index (χ3n) is 1.09. The van der Waals surface area contributed by atoms with Crippen LogP contribution in [0.25, 0.3) is 0 Å². The summed E-state index contributed by atoms with van der Waals surface area (Å²) in [6.07, 6.45) is 5.00. The van der Waals surface area contributed by atoms with Crippen LogP contribution in [-0.2, 0) is 0 Å². The Morgan fingerprint density at radius 1 is 1.50 bits per heavy atom. The zero-order chi connectivity index (χ0) is 8.97. The van der Waals surface area contributed by atoms with E-state index in [9.17, 15) is 0 Å². The van der Waals surface area contributed by atoms with Gasteiger partial charge < -0.3 is 4.74 Å². The Hall–Kier alpha value is -0.840. The number of hydrogen-bond donors (Lipinski definition) is 0. The largest absolute Gasteiger partial charge is 0.480 e. The molecule has 0 aliphatic rings. The van der Waals surface area contributed by atoms with Crippen LogP contribution in [0.3, 0.4) is 0 Å². The summed E-state index contributed by atoms with van der Waals surface area (Å²) in [6.45, 7) is 0.188. The van der Waals surface area contributed by atoms with Crippen molar-refractivity contribution < 1.29 is 4.74 Å². The Kier molecular flexibility index (Phi) is 3.28. The van der Waals surface area contributed by atoms with Crippen molar-refractivity contribution in [3.05, 3.63) is 28.2 Å². The van der Waals surface area contributed by atoms with Crippen molar-refractivity contribution in [2.24, 2.45) is 0 Å². The molecule has 1 radical (unpaired) electrons. The zero-order valence-corrected chi connectivity index (χ0v) is 7.62. The second-order valence-corrected chi connectivity index (χ2v) is 2.85. The van der Waals surface area contributed by atoms with Crippen molar-refractivity contribution in [1.29, 1.82) is 0 Å². The van der Waals surface area contributed by atoms with Gasteiger partial charge >= 0.3 is 0 Å². The van der Waals surface area contributed by atoms with Crippen LogP contribution in [0, 0.1) is 18.4 Å². The lowest BCUT2D eigenvalue weighted by Gasteiger charge is -2.01. The van der Waals surface area contributed by atoms with Crippen LogP contribution >= 0.6 is 23.2 Å². The average Bonchev–Trinajstić information content (AvgIpc) is 1.99. The number of halogens is 2. The summed E-state index contributed by atoms with van der Waals surface area (Å²) in [5.74, 6) is 2.79. The van der Waals surface area contributed by atoms with E-state index in [2.05, 4.69) is 12.0 Å². The highest BCUT2D eigenvalue weighted by molar-refractivity contribution is 6.34. The summed E-state index contributed by atoms with van der Waals surface area (Å²) in [4.78, 5) is 0. The van der Waals surface area contributed by atoms with Crippen molar-refractivity contribution in [3.8, 4) is 18.1 Å². The van der Waals surface area contributed by atoms with E-state index in [-0.39, 0.29) is 6.61 Å². The lowest BCUT2D eigenvalue weighted by Crippen LogP contribution is -1.93. The molecule has 0 fully saturated rings. The summed E-state index contributed by atoms with van der Waals surface area (Å²) in [5.41, 5.74) is 0. The van der Waals surface area contributed by atoms with E-state index >= 15 is 0 Å². The number of terminal acetylenes is 1. The van der Waals surface area contributed by atoms with Crippen LogP contribution in [0.15, 0.2) is 12.1 Å². The van der Waals surface area contributed by atoms with Gasteiger partial charge in [-0.05, 0) is 12.1 Å². The van der Waals surface area contributed by atoms with E-state index in [0.29, 0.717) is 15.8 Å². The number of benzene rings is 1. The van der Waals surface area contributed by atoms with Gasteiger partial charge in [0, 0.05) is 11.1 Å². The molecule has 0 aliphatic heterocycles. The van der Waals surface area contributed by atoms with Crippen molar-refractivity contribution in [1.82, 2.24) is 0 Å². The van der Waals surface area contributed by atoms with E-state index < -0.39 is 0 Å². The third kappa shape index (κ3) is 2.65. The molecule has 1 aromatic rings. The third-order valence-corrected chi connectivity index (χ3v) is 1.51. The summed E-state index contributed by atoms with van der Waals surface area (Å²) in [7, 11) is 0. The van der Waals surface area contributed by atoms with Gasteiger partial charge in [0.15, 0.2) is 0 Å². The fourth-order valence-corrected chi connectivity index (χ4v) is 1.15. The minimum absolute atomic E-state index is 0.188. The first kappa shape index (κ1) is 9.25. The molecule has 1 nitrogen and oxygen atoms in total. The highest BCUT2D eigenvalue weighted by atomic mass is 35.5. The Morgan fingerprint density at radius 2 is 2.25 bits per heavy atom. The summed E-state index contributed by atoms with van der Waals surface area (Å²) < 4.78 is 5.06. The number of ether oxygens (including phenoxy) is 1. The molecule has 12 heavy (non-hydrogen) atoms. The summed E-state index contributed by atoms with van der Waals surface area (Å²) >= 11 is 11.4. The maximum atomic E-state index is 5.69. The van der Waals surface area contributed by atoms with Gasteiger partial charge in [0.05, 0.1) is 5.02 Å². The molecule has 0 N–H and O–H groups in total. The van der Waals surface area contributed by atoms with E-state index in [1.165, 1.54) is 0 Å². The molecule has 0 aliphatic carbocycles. The van der Waals surface area contributed by atoms with Gasteiger partial charge in [0.25, 0.3) is 0 Å². The molecular weight excluding hydrogens is 195 g/mol. The average molecular weight is 200 g/mol. The lowest BCUT2D eigenvalue weighted by molar-refractivity contribution is 0.369. The second kappa shape index (κ2) is 4.25. The quantitative estimate of drug-likeness (QED) is 0.667. The predicted octanol–water partition coefficient (Wildman–Crippen LogP) is 2.81. The van der Waals surface area contributed by atoms with Crippen LogP contribution < -0.4 is 4.74 Å². The first-order valence-electron chi connectivity index (χ1n) is 3.17. The first-order chi connectivity index (χ1) is 5.72. The van der Waals surface area contributed by atoms with Gasteiger partial charge in [-0.2, -0.15) is 0 Å². The molecule has 3 heteroatoms. The normalized spacial score (nSPS) is 9.08. The van der Waals surface area contributed by atoms with Gasteiger partial charge in [0.2, 0.25) is 0 Å². The molecule has 0 saturated heterocycles. The minimum atomic E-state index is 0.188. The van der Waals surface area contributed by atoms with Crippen molar-refractivity contribution in [2.75, 3.05) is 6.61 Å². The second-order valence-electron chi connectivity index (χ2n) is 2.00. The first-order valence-corrected chi connectivity index (χ1v) is 3.92.